The Kier molecular flexibility index (Phi) is 4.31. The van der Waals surface area contributed by atoms with Crippen molar-refractivity contribution < 1.29 is 9.59 Å². The molecule has 3 aliphatic heterocycles. The largest absolute Gasteiger partial charge is 0.349 e. The molecule has 7 heteroatoms. The highest BCUT2D eigenvalue weighted by Gasteiger charge is 2.46. The first-order chi connectivity index (χ1) is 10.9. The van der Waals surface area contributed by atoms with Gasteiger partial charge in [-0.25, -0.2) is 4.99 Å². The van der Waals surface area contributed by atoms with Crippen molar-refractivity contribution in [2.24, 2.45) is 10.9 Å². The average Bonchev–Trinajstić information content (AvgIpc) is 2.83. The maximum atomic E-state index is 12.3. The van der Waals surface area contributed by atoms with Crippen molar-refractivity contribution in [3.8, 4) is 0 Å². The fourth-order valence-corrected chi connectivity index (χ4v) is 3.77. The lowest BCUT2D eigenvalue weighted by atomic mass is 9.87. The van der Waals surface area contributed by atoms with E-state index >= 15 is 0 Å². The molecule has 1 N–H and O–H groups in total. The first-order valence-corrected chi connectivity index (χ1v) is 8.44. The van der Waals surface area contributed by atoms with Gasteiger partial charge in [0.2, 0.25) is 11.9 Å². The molecule has 1 spiro atoms. The standard InChI is InChI=1S/C16H27N5O2/c1-19(2)15-17-14(23)16(18-15)6-8-21(9-7-16)11-12-4-5-13(22)20(3)10-12/h12H,4-11H2,1-3H3,(H,17,18,23). The van der Waals surface area contributed by atoms with Gasteiger partial charge in [-0.3, -0.25) is 14.9 Å². The summed E-state index contributed by atoms with van der Waals surface area (Å²) in [6, 6.07) is 0. The Bertz CT molecular complexity index is 523. The van der Waals surface area contributed by atoms with E-state index in [1.165, 1.54) is 0 Å². The van der Waals surface area contributed by atoms with Gasteiger partial charge in [0.1, 0.15) is 5.54 Å². The number of carbonyl (C=O) groups excluding carboxylic acids is 2. The third-order valence-electron chi connectivity index (χ3n) is 5.32. The van der Waals surface area contributed by atoms with Gasteiger partial charge in [0.05, 0.1) is 0 Å². The van der Waals surface area contributed by atoms with Gasteiger partial charge in [0.25, 0.3) is 5.91 Å². The SMILES string of the molecule is CN(C)C1=NC2(CCN(CC3CCC(=O)N(C)C3)CC2)C(=O)N1. The maximum Gasteiger partial charge on any atom is 0.254 e. The predicted molar refractivity (Wildman–Crippen MR) is 88.0 cm³/mol. The molecule has 3 aliphatic rings. The van der Waals surface area contributed by atoms with Crippen LogP contribution in [0.3, 0.4) is 0 Å². The number of aliphatic imine (C=N–C) groups is 1. The lowest BCUT2D eigenvalue weighted by molar-refractivity contribution is -0.133. The van der Waals surface area contributed by atoms with E-state index in [0.29, 0.717) is 18.3 Å². The monoisotopic (exact) mass is 321 g/mol. The number of guanidine groups is 1. The van der Waals surface area contributed by atoms with Gasteiger partial charge in [-0.15, -0.1) is 0 Å². The van der Waals surface area contributed by atoms with Crippen molar-refractivity contribution >= 4 is 17.8 Å². The smallest absolute Gasteiger partial charge is 0.254 e. The number of hydrogen-bond acceptors (Lipinski definition) is 5. The van der Waals surface area contributed by atoms with E-state index in [0.717, 1.165) is 45.4 Å². The summed E-state index contributed by atoms with van der Waals surface area (Å²) in [6.07, 6.45) is 3.20. The van der Waals surface area contributed by atoms with Gasteiger partial charge >= 0.3 is 0 Å². The van der Waals surface area contributed by atoms with Crippen LogP contribution >= 0.6 is 0 Å². The Balaban J connectivity index is 1.55. The van der Waals surface area contributed by atoms with E-state index in [1.807, 2.05) is 30.9 Å². The number of likely N-dealkylation sites (tertiary alicyclic amines) is 2. The fourth-order valence-electron chi connectivity index (χ4n) is 3.77. The van der Waals surface area contributed by atoms with Gasteiger partial charge < -0.3 is 14.7 Å². The van der Waals surface area contributed by atoms with Gasteiger partial charge in [-0.2, -0.15) is 0 Å². The molecule has 128 valence electrons. The molecular formula is C16H27N5O2. The molecule has 2 amide bonds. The lowest BCUT2D eigenvalue weighted by Gasteiger charge is -2.39. The number of carbonyl (C=O) groups is 2. The van der Waals surface area contributed by atoms with Gasteiger partial charge in [-0.1, -0.05) is 0 Å². The molecule has 2 fully saturated rings. The van der Waals surface area contributed by atoms with Gasteiger partial charge in [-0.05, 0) is 25.2 Å². The molecule has 0 saturated carbocycles. The van der Waals surface area contributed by atoms with Crippen LogP contribution in [0.25, 0.3) is 0 Å². The van der Waals surface area contributed by atoms with Crippen molar-refractivity contribution in [2.45, 2.75) is 31.2 Å². The van der Waals surface area contributed by atoms with E-state index in [2.05, 4.69) is 15.2 Å². The molecule has 2 saturated heterocycles. The summed E-state index contributed by atoms with van der Waals surface area (Å²) in [5.41, 5.74) is -0.560. The van der Waals surface area contributed by atoms with E-state index in [4.69, 9.17) is 0 Å². The number of nitrogens with zero attached hydrogens (tertiary/aromatic N) is 4. The molecule has 7 nitrogen and oxygen atoms in total. The minimum atomic E-state index is -0.560. The molecule has 1 unspecified atom stereocenters. The van der Waals surface area contributed by atoms with E-state index in [1.54, 1.807) is 0 Å². The van der Waals surface area contributed by atoms with Crippen molar-refractivity contribution in [1.82, 2.24) is 20.0 Å². The highest BCUT2D eigenvalue weighted by atomic mass is 16.2. The second-order valence-electron chi connectivity index (χ2n) is 7.30. The second kappa shape index (κ2) is 6.11. The zero-order chi connectivity index (χ0) is 16.6. The summed E-state index contributed by atoms with van der Waals surface area (Å²) >= 11 is 0. The van der Waals surface area contributed by atoms with Gasteiger partial charge in [0, 0.05) is 53.7 Å². The number of amides is 2. The van der Waals surface area contributed by atoms with Crippen LogP contribution in [0.1, 0.15) is 25.7 Å². The topological polar surface area (TPSA) is 68.2 Å². The van der Waals surface area contributed by atoms with Gasteiger partial charge in [0.15, 0.2) is 0 Å². The normalized spacial score (nSPS) is 28.0. The summed E-state index contributed by atoms with van der Waals surface area (Å²) in [5, 5.41) is 2.90. The summed E-state index contributed by atoms with van der Waals surface area (Å²) < 4.78 is 0. The third kappa shape index (κ3) is 3.20. The van der Waals surface area contributed by atoms with E-state index < -0.39 is 5.54 Å². The second-order valence-corrected chi connectivity index (χ2v) is 7.30. The molecule has 0 bridgehead atoms. The molecule has 1 atom stereocenters. The van der Waals surface area contributed by atoms with Crippen LogP contribution in [0.5, 0.6) is 0 Å². The summed E-state index contributed by atoms with van der Waals surface area (Å²) in [7, 11) is 5.68. The Morgan fingerprint density at radius 2 is 2.00 bits per heavy atom. The Morgan fingerprint density at radius 1 is 1.30 bits per heavy atom. The average molecular weight is 321 g/mol. The molecule has 3 rings (SSSR count). The van der Waals surface area contributed by atoms with Crippen LogP contribution < -0.4 is 5.32 Å². The van der Waals surface area contributed by atoms with Crippen LogP contribution in [-0.2, 0) is 9.59 Å². The molecule has 0 aliphatic carbocycles. The Labute approximate surface area is 137 Å². The third-order valence-corrected chi connectivity index (χ3v) is 5.32. The molecule has 0 radical (unpaired) electrons. The minimum Gasteiger partial charge on any atom is -0.349 e. The number of piperidine rings is 2. The first-order valence-electron chi connectivity index (χ1n) is 8.44. The van der Waals surface area contributed by atoms with E-state index in [9.17, 15) is 9.59 Å². The predicted octanol–water partition coefficient (Wildman–Crippen LogP) is -0.263. The molecule has 23 heavy (non-hydrogen) atoms. The highest BCUT2D eigenvalue weighted by molar-refractivity contribution is 6.07. The lowest BCUT2D eigenvalue weighted by Crippen LogP contribution is -2.51. The number of hydrogen-bond donors (Lipinski definition) is 1. The minimum absolute atomic E-state index is 0.0452. The summed E-state index contributed by atoms with van der Waals surface area (Å²) in [6.45, 7) is 3.65. The quantitative estimate of drug-likeness (QED) is 0.761. The summed E-state index contributed by atoms with van der Waals surface area (Å²) in [4.78, 5) is 34.7. The Morgan fingerprint density at radius 3 is 2.57 bits per heavy atom. The van der Waals surface area contributed by atoms with Crippen LogP contribution in [0.15, 0.2) is 4.99 Å². The zero-order valence-electron chi connectivity index (χ0n) is 14.3. The first kappa shape index (κ1) is 16.2. The molecule has 0 aromatic rings. The maximum absolute atomic E-state index is 12.3. The van der Waals surface area contributed by atoms with Crippen LogP contribution in [0, 0.1) is 5.92 Å². The molecule has 0 aromatic carbocycles. The Hall–Kier alpha value is -1.63. The van der Waals surface area contributed by atoms with Crippen molar-refractivity contribution in [3.05, 3.63) is 0 Å². The van der Waals surface area contributed by atoms with Crippen molar-refractivity contribution in [2.75, 3.05) is 47.3 Å². The zero-order valence-corrected chi connectivity index (χ0v) is 14.3. The van der Waals surface area contributed by atoms with Crippen LogP contribution in [-0.4, -0.2) is 85.3 Å². The van der Waals surface area contributed by atoms with Crippen LogP contribution in [0.4, 0.5) is 0 Å². The van der Waals surface area contributed by atoms with Crippen LogP contribution in [0.2, 0.25) is 0 Å². The summed E-state index contributed by atoms with van der Waals surface area (Å²) in [5.74, 6) is 1.52. The fraction of sp³-hybridized carbons (Fsp3) is 0.812. The van der Waals surface area contributed by atoms with Crippen molar-refractivity contribution in [3.63, 3.8) is 0 Å². The van der Waals surface area contributed by atoms with E-state index in [-0.39, 0.29) is 11.8 Å². The van der Waals surface area contributed by atoms with Crippen molar-refractivity contribution in [1.29, 1.82) is 0 Å². The molecular weight excluding hydrogens is 294 g/mol. The highest BCUT2D eigenvalue weighted by Crippen LogP contribution is 2.31. The molecule has 0 aromatic heterocycles. The number of rotatable bonds is 2. The molecule has 3 heterocycles. The number of nitrogens with one attached hydrogen (secondary N) is 1.